The van der Waals surface area contributed by atoms with Crippen LogP contribution in [-0.2, 0) is 0 Å². The van der Waals surface area contributed by atoms with Gasteiger partial charge in [0.15, 0.2) is 11.0 Å². The number of piperidine rings is 1. The highest BCUT2D eigenvalue weighted by molar-refractivity contribution is 6.05. The van der Waals surface area contributed by atoms with Gasteiger partial charge in [-0.1, -0.05) is 36.4 Å². The first-order valence-corrected chi connectivity index (χ1v) is 10.1. The van der Waals surface area contributed by atoms with Gasteiger partial charge in [0.2, 0.25) is 0 Å². The van der Waals surface area contributed by atoms with E-state index in [9.17, 15) is 9.59 Å². The maximum absolute atomic E-state index is 13.3. The number of amides is 1. The SMILES string of the molecule is Cc1c(-c2ccccc2)oc2c(C(=O)N3CCC(C(C)N)CC3)cccc2c1=O. The molecule has 1 fully saturated rings. The summed E-state index contributed by atoms with van der Waals surface area (Å²) < 4.78 is 6.19. The molecule has 29 heavy (non-hydrogen) atoms. The van der Waals surface area contributed by atoms with Crippen LogP contribution in [0.5, 0.6) is 0 Å². The molecule has 2 heterocycles. The molecule has 1 aromatic heterocycles. The van der Waals surface area contributed by atoms with Crippen LogP contribution >= 0.6 is 0 Å². The van der Waals surface area contributed by atoms with E-state index < -0.39 is 0 Å². The van der Waals surface area contributed by atoms with Gasteiger partial charge in [0, 0.05) is 30.3 Å². The van der Waals surface area contributed by atoms with Gasteiger partial charge >= 0.3 is 0 Å². The van der Waals surface area contributed by atoms with E-state index in [1.807, 2.05) is 42.2 Å². The summed E-state index contributed by atoms with van der Waals surface area (Å²) >= 11 is 0. The molecular formula is C24H26N2O3. The van der Waals surface area contributed by atoms with Crippen molar-refractivity contribution < 1.29 is 9.21 Å². The smallest absolute Gasteiger partial charge is 0.257 e. The van der Waals surface area contributed by atoms with E-state index in [0.29, 0.717) is 46.9 Å². The molecule has 1 saturated heterocycles. The lowest BCUT2D eigenvalue weighted by molar-refractivity contribution is 0.0682. The number of nitrogens with two attached hydrogens (primary N) is 1. The van der Waals surface area contributed by atoms with Crippen LogP contribution in [-0.4, -0.2) is 29.9 Å². The second kappa shape index (κ2) is 7.84. The van der Waals surface area contributed by atoms with Crippen molar-refractivity contribution in [1.29, 1.82) is 0 Å². The molecule has 0 spiro atoms. The summed E-state index contributed by atoms with van der Waals surface area (Å²) in [6.07, 6.45) is 1.79. The van der Waals surface area contributed by atoms with E-state index in [-0.39, 0.29) is 17.4 Å². The van der Waals surface area contributed by atoms with Gasteiger partial charge in [0.05, 0.1) is 10.9 Å². The van der Waals surface area contributed by atoms with Crippen molar-refractivity contribution in [2.75, 3.05) is 13.1 Å². The molecule has 0 bridgehead atoms. The Morgan fingerprint density at radius 2 is 1.79 bits per heavy atom. The summed E-state index contributed by atoms with van der Waals surface area (Å²) in [6.45, 7) is 5.13. The summed E-state index contributed by atoms with van der Waals surface area (Å²) in [4.78, 5) is 28.1. The quantitative estimate of drug-likeness (QED) is 0.734. The van der Waals surface area contributed by atoms with Crippen LogP contribution in [0, 0.1) is 12.8 Å². The van der Waals surface area contributed by atoms with Gasteiger partial charge in [-0.15, -0.1) is 0 Å². The Bertz CT molecular complexity index is 1090. The lowest BCUT2D eigenvalue weighted by atomic mass is 9.90. The molecule has 150 valence electrons. The molecule has 1 aliphatic rings. The third-order valence-electron chi connectivity index (χ3n) is 5.98. The number of hydrogen-bond acceptors (Lipinski definition) is 4. The molecule has 3 aromatic rings. The molecule has 1 unspecified atom stereocenters. The van der Waals surface area contributed by atoms with Crippen LogP contribution in [0.15, 0.2) is 57.7 Å². The minimum atomic E-state index is -0.101. The number of hydrogen-bond donors (Lipinski definition) is 1. The third kappa shape index (κ3) is 3.58. The van der Waals surface area contributed by atoms with Crippen LogP contribution < -0.4 is 11.2 Å². The molecule has 1 aliphatic heterocycles. The second-order valence-electron chi connectivity index (χ2n) is 7.92. The molecule has 0 saturated carbocycles. The van der Waals surface area contributed by atoms with E-state index in [2.05, 4.69) is 0 Å². The van der Waals surface area contributed by atoms with Crippen molar-refractivity contribution in [2.45, 2.75) is 32.7 Å². The number of carbonyl (C=O) groups is 1. The van der Waals surface area contributed by atoms with Gasteiger partial charge in [-0.25, -0.2) is 0 Å². The van der Waals surface area contributed by atoms with Crippen LogP contribution in [0.1, 0.15) is 35.7 Å². The van der Waals surface area contributed by atoms with Crippen molar-refractivity contribution in [3.63, 3.8) is 0 Å². The topological polar surface area (TPSA) is 76.5 Å². The molecule has 2 N–H and O–H groups in total. The van der Waals surface area contributed by atoms with Gasteiger partial charge in [-0.05, 0) is 44.7 Å². The largest absolute Gasteiger partial charge is 0.455 e. The average molecular weight is 390 g/mol. The number of benzene rings is 2. The second-order valence-corrected chi connectivity index (χ2v) is 7.92. The van der Waals surface area contributed by atoms with Crippen molar-refractivity contribution in [2.24, 2.45) is 11.7 Å². The Hall–Kier alpha value is -2.92. The van der Waals surface area contributed by atoms with Crippen LogP contribution in [0.4, 0.5) is 0 Å². The molecule has 5 heteroatoms. The Morgan fingerprint density at radius 3 is 2.45 bits per heavy atom. The van der Waals surface area contributed by atoms with E-state index >= 15 is 0 Å². The first-order chi connectivity index (χ1) is 14.0. The molecule has 0 aliphatic carbocycles. The number of fused-ring (bicyclic) bond motifs is 1. The lowest BCUT2D eigenvalue weighted by Crippen LogP contribution is -2.42. The Kier molecular flexibility index (Phi) is 5.24. The number of likely N-dealkylation sites (tertiary alicyclic amines) is 1. The molecular weight excluding hydrogens is 364 g/mol. The number of rotatable bonds is 3. The summed E-state index contributed by atoms with van der Waals surface area (Å²) in [7, 11) is 0. The number of nitrogens with zero attached hydrogens (tertiary/aromatic N) is 1. The Balaban J connectivity index is 1.77. The standard InChI is InChI=1S/C24H26N2O3/c1-15-21(27)19-9-6-10-20(23(19)29-22(15)18-7-4-3-5-8-18)24(28)26-13-11-17(12-14-26)16(2)25/h3-10,16-17H,11-14,25H2,1-2H3. The van der Waals surface area contributed by atoms with Crippen molar-refractivity contribution >= 4 is 16.9 Å². The van der Waals surface area contributed by atoms with Gasteiger partial charge in [-0.3, -0.25) is 9.59 Å². The first kappa shape index (κ1) is 19.4. The first-order valence-electron chi connectivity index (χ1n) is 10.1. The molecule has 1 amide bonds. The zero-order valence-corrected chi connectivity index (χ0v) is 16.9. The summed E-state index contributed by atoms with van der Waals surface area (Å²) in [5.74, 6) is 0.862. The van der Waals surface area contributed by atoms with Crippen LogP contribution in [0.3, 0.4) is 0 Å². The van der Waals surface area contributed by atoms with E-state index in [1.54, 1.807) is 25.1 Å². The predicted molar refractivity (Wildman–Crippen MR) is 115 cm³/mol. The maximum Gasteiger partial charge on any atom is 0.257 e. The van der Waals surface area contributed by atoms with Gasteiger partial charge in [-0.2, -0.15) is 0 Å². The average Bonchev–Trinajstić information content (AvgIpc) is 2.76. The summed E-state index contributed by atoms with van der Waals surface area (Å²) in [6, 6.07) is 14.9. The van der Waals surface area contributed by atoms with Crippen molar-refractivity contribution in [1.82, 2.24) is 4.90 Å². The fraction of sp³-hybridized carbons (Fsp3) is 0.333. The van der Waals surface area contributed by atoms with Crippen molar-refractivity contribution in [3.8, 4) is 11.3 Å². The normalized spacial score (nSPS) is 16.2. The predicted octanol–water partition coefficient (Wildman–Crippen LogP) is 3.97. The van der Waals surface area contributed by atoms with Crippen LogP contribution in [0.2, 0.25) is 0 Å². The molecule has 4 rings (SSSR count). The molecule has 0 radical (unpaired) electrons. The minimum Gasteiger partial charge on any atom is -0.455 e. The zero-order chi connectivity index (χ0) is 20.5. The fourth-order valence-corrected chi connectivity index (χ4v) is 4.14. The summed E-state index contributed by atoms with van der Waals surface area (Å²) in [5, 5.41) is 0.443. The van der Waals surface area contributed by atoms with E-state index in [4.69, 9.17) is 10.2 Å². The third-order valence-corrected chi connectivity index (χ3v) is 5.98. The number of carbonyl (C=O) groups excluding carboxylic acids is 1. The van der Waals surface area contributed by atoms with Gasteiger partial charge in [0.25, 0.3) is 5.91 Å². The zero-order valence-electron chi connectivity index (χ0n) is 16.9. The molecule has 2 aromatic carbocycles. The van der Waals surface area contributed by atoms with Crippen molar-refractivity contribution in [3.05, 3.63) is 69.9 Å². The number of para-hydroxylation sites is 1. The minimum absolute atomic E-state index is 0.0928. The van der Waals surface area contributed by atoms with Gasteiger partial charge < -0.3 is 15.1 Å². The van der Waals surface area contributed by atoms with Crippen LogP contribution in [0.25, 0.3) is 22.3 Å². The molecule has 1 atom stereocenters. The Labute approximate surface area is 170 Å². The van der Waals surface area contributed by atoms with E-state index in [1.165, 1.54) is 0 Å². The van der Waals surface area contributed by atoms with E-state index in [0.717, 1.165) is 18.4 Å². The summed E-state index contributed by atoms with van der Waals surface area (Å²) in [5.41, 5.74) is 8.10. The highest BCUT2D eigenvalue weighted by Crippen LogP contribution is 2.29. The van der Waals surface area contributed by atoms with Gasteiger partial charge in [0.1, 0.15) is 5.76 Å². The highest BCUT2D eigenvalue weighted by Gasteiger charge is 2.27. The highest BCUT2D eigenvalue weighted by atomic mass is 16.3. The maximum atomic E-state index is 13.3. The lowest BCUT2D eigenvalue weighted by Gasteiger charge is -2.33. The monoisotopic (exact) mass is 390 g/mol. The molecule has 5 nitrogen and oxygen atoms in total. The fourth-order valence-electron chi connectivity index (χ4n) is 4.14. The Morgan fingerprint density at radius 1 is 1.10 bits per heavy atom.